The molecule has 106 valence electrons. The molecule has 0 bridgehead atoms. The quantitative estimate of drug-likeness (QED) is 0.771. The largest absolute Gasteiger partial charge is 0.326 e. The summed E-state index contributed by atoms with van der Waals surface area (Å²) in [5.41, 5.74) is 0.724. The van der Waals surface area contributed by atoms with E-state index in [2.05, 4.69) is 17.5 Å². The third-order valence-corrected chi connectivity index (χ3v) is 5.06. The highest BCUT2D eigenvalue weighted by Gasteiger charge is 2.53. The number of halogens is 2. The van der Waals surface area contributed by atoms with Gasteiger partial charge in [-0.3, -0.25) is 4.79 Å². The van der Waals surface area contributed by atoms with Crippen LogP contribution in [0.3, 0.4) is 0 Å². The maximum Gasteiger partial charge on any atom is 0.228 e. The van der Waals surface area contributed by atoms with Gasteiger partial charge in [-0.15, -0.1) is 0 Å². The van der Waals surface area contributed by atoms with Crippen molar-refractivity contribution in [3.63, 3.8) is 0 Å². The zero-order chi connectivity index (χ0) is 14.1. The van der Waals surface area contributed by atoms with E-state index in [1.165, 1.54) is 0 Å². The van der Waals surface area contributed by atoms with E-state index in [4.69, 9.17) is 23.2 Å². The molecule has 2 nitrogen and oxygen atoms in total. The smallest absolute Gasteiger partial charge is 0.228 e. The first kappa shape index (κ1) is 14.0. The van der Waals surface area contributed by atoms with E-state index >= 15 is 0 Å². The SMILES string of the molecule is O=C(Nc1ccc(Cl)c(Cl)c1)C1[C@H]2CC/C=C\CC[C@@H]12. The van der Waals surface area contributed by atoms with Crippen molar-refractivity contribution < 1.29 is 4.79 Å². The predicted molar refractivity (Wildman–Crippen MR) is 83.2 cm³/mol. The van der Waals surface area contributed by atoms with Crippen LogP contribution >= 0.6 is 23.2 Å². The van der Waals surface area contributed by atoms with Crippen molar-refractivity contribution in [1.29, 1.82) is 0 Å². The Kier molecular flexibility index (Phi) is 4.04. The molecule has 0 saturated heterocycles. The summed E-state index contributed by atoms with van der Waals surface area (Å²) in [6, 6.07) is 5.20. The number of rotatable bonds is 2. The van der Waals surface area contributed by atoms with E-state index in [1.807, 2.05) is 0 Å². The molecule has 1 fully saturated rings. The first-order valence-corrected chi connectivity index (χ1v) is 7.83. The van der Waals surface area contributed by atoms with Crippen LogP contribution < -0.4 is 5.32 Å². The number of hydrogen-bond acceptors (Lipinski definition) is 1. The molecule has 1 unspecified atom stereocenters. The van der Waals surface area contributed by atoms with Crippen LogP contribution in [0.1, 0.15) is 25.7 Å². The number of anilines is 1. The van der Waals surface area contributed by atoms with Crippen LogP contribution in [0.5, 0.6) is 0 Å². The van der Waals surface area contributed by atoms with E-state index in [0.717, 1.165) is 31.4 Å². The van der Waals surface area contributed by atoms with Crippen molar-refractivity contribution in [3.8, 4) is 0 Å². The molecular formula is C16H17Cl2NO. The Hall–Kier alpha value is -0.990. The van der Waals surface area contributed by atoms with Gasteiger partial charge in [0, 0.05) is 11.6 Å². The monoisotopic (exact) mass is 309 g/mol. The molecule has 1 N–H and O–H groups in total. The fraction of sp³-hybridized carbons (Fsp3) is 0.438. The van der Waals surface area contributed by atoms with Crippen molar-refractivity contribution in [3.05, 3.63) is 40.4 Å². The Balaban J connectivity index is 1.64. The number of fused-ring (bicyclic) bond motifs is 1. The number of nitrogens with one attached hydrogen (secondary N) is 1. The minimum absolute atomic E-state index is 0.125. The zero-order valence-corrected chi connectivity index (χ0v) is 12.6. The molecule has 0 radical (unpaired) electrons. The van der Waals surface area contributed by atoms with E-state index in [0.29, 0.717) is 21.9 Å². The maximum absolute atomic E-state index is 12.4. The van der Waals surface area contributed by atoms with Crippen molar-refractivity contribution in [2.45, 2.75) is 25.7 Å². The number of carbonyl (C=O) groups is 1. The Morgan fingerprint density at radius 3 is 2.30 bits per heavy atom. The van der Waals surface area contributed by atoms with Crippen molar-refractivity contribution in [2.24, 2.45) is 17.8 Å². The lowest BCUT2D eigenvalue weighted by Crippen LogP contribution is -2.15. The van der Waals surface area contributed by atoms with Gasteiger partial charge >= 0.3 is 0 Å². The standard InChI is InChI=1S/C16H17Cl2NO/c17-13-8-7-10(9-14(13)18)19-16(20)15-11-5-3-1-2-4-6-12(11)15/h1-2,7-9,11-12,15H,3-6H2,(H,19,20)/b2-1-/t11-,12+,15?. The lowest BCUT2D eigenvalue weighted by atomic mass is 10.1. The van der Waals surface area contributed by atoms with Gasteiger partial charge in [-0.05, 0) is 55.7 Å². The minimum atomic E-state index is 0.125. The van der Waals surface area contributed by atoms with Gasteiger partial charge in [0.15, 0.2) is 0 Å². The lowest BCUT2D eigenvalue weighted by molar-refractivity contribution is -0.117. The molecule has 4 heteroatoms. The van der Waals surface area contributed by atoms with Gasteiger partial charge in [0.2, 0.25) is 5.91 Å². The minimum Gasteiger partial charge on any atom is -0.326 e. The molecule has 0 heterocycles. The molecule has 0 spiro atoms. The van der Waals surface area contributed by atoms with Gasteiger partial charge < -0.3 is 5.32 Å². The van der Waals surface area contributed by atoms with Crippen LogP contribution in [0.25, 0.3) is 0 Å². The van der Waals surface area contributed by atoms with Gasteiger partial charge in [0.1, 0.15) is 0 Å². The van der Waals surface area contributed by atoms with E-state index in [1.54, 1.807) is 18.2 Å². The third kappa shape index (κ3) is 2.87. The Morgan fingerprint density at radius 1 is 1.05 bits per heavy atom. The van der Waals surface area contributed by atoms with Gasteiger partial charge in [0.05, 0.1) is 10.0 Å². The maximum atomic E-state index is 12.4. The summed E-state index contributed by atoms with van der Waals surface area (Å²) in [5.74, 6) is 1.41. The second-order valence-corrected chi connectivity index (χ2v) is 6.41. The van der Waals surface area contributed by atoms with E-state index < -0.39 is 0 Å². The topological polar surface area (TPSA) is 29.1 Å². The van der Waals surface area contributed by atoms with Crippen LogP contribution in [-0.4, -0.2) is 5.91 Å². The highest BCUT2D eigenvalue weighted by atomic mass is 35.5. The molecule has 2 aliphatic carbocycles. The van der Waals surface area contributed by atoms with Crippen molar-refractivity contribution in [2.75, 3.05) is 5.32 Å². The second kappa shape index (κ2) is 5.79. The molecule has 2 aliphatic rings. The van der Waals surface area contributed by atoms with Crippen molar-refractivity contribution in [1.82, 2.24) is 0 Å². The second-order valence-electron chi connectivity index (χ2n) is 5.60. The molecule has 1 saturated carbocycles. The lowest BCUT2D eigenvalue weighted by Gasteiger charge is -2.06. The van der Waals surface area contributed by atoms with Crippen LogP contribution in [0, 0.1) is 17.8 Å². The Bertz CT molecular complexity index is 539. The molecular weight excluding hydrogens is 293 g/mol. The van der Waals surface area contributed by atoms with Crippen LogP contribution in [0.4, 0.5) is 5.69 Å². The van der Waals surface area contributed by atoms with E-state index in [9.17, 15) is 4.79 Å². The average Bonchev–Trinajstić information content (AvgIpc) is 3.05. The normalized spacial score (nSPS) is 29.8. The Morgan fingerprint density at radius 2 is 1.70 bits per heavy atom. The molecule has 3 rings (SSSR count). The summed E-state index contributed by atoms with van der Waals surface area (Å²) in [5, 5.41) is 3.94. The number of carbonyl (C=O) groups excluding carboxylic acids is 1. The summed E-state index contributed by atoms with van der Waals surface area (Å²) in [4.78, 5) is 12.4. The molecule has 20 heavy (non-hydrogen) atoms. The average molecular weight is 310 g/mol. The molecule has 1 amide bonds. The fourth-order valence-corrected chi connectivity index (χ4v) is 3.53. The number of benzene rings is 1. The highest BCUT2D eigenvalue weighted by molar-refractivity contribution is 6.42. The summed E-state index contributed by atoms with van der Waals surface area (Å²) in [6.45, 7) is 0. The number of hydrogen-bond donors (Lipinski definition) is 1. The van der Waals surface area contributed by atoms with Gasteiger partial charge in [-0.25, -0.2) is 0 Å². The predicted octanol–water partition coefficient (Wildman–Crippen LogP) is 4.92. The molecule has 0 aliphatic heterocycles. The molecule has 1 aromatic rings. The van der Waals surface area contributed by atoms with Gasteiger partial charge in [-0.1, -0.05) is 35.4 Å². The zero-order valence-electron chi connectivity index (χ0n) is 11.1. The van der Waals surface area contributed by atoms with Gasteiger partial charge in [-0.2, -0.15) is 0 Å². The van der Waals surface area contributed by atoms with E-state index in [-0.39, 0.29) is 11.8 Å². The van der Waals surface area contributed by atoms with Crippen LogP contribution in [0.2, 0.25) is 10.0 Å². The first-order chi connectivity index (χ1) is 9.66. The summed E-state index contributed by atoms with van der Waals surface area (Å²) >= 11 is 11.8. The summed E-state index contributed by atoms with van der Waals surface area (Å²) < 4.78 is 0. The summed E-state index contributed by atoms with van der Waals surface area (Å²) in [6.07, 6.45) is 8.92. The van der Waals surface area contributed by atoms with Crippen LogP contribution in [-0.2, 0) is 4.79 Å². The number of allylic oxidation sites excluding steroid dienone is 2. The fourth-order valence-electron chi connectivity index (χ4n) is 3.23. The first-order valence-electron chi connectivity index (χ1n) is 7.08. The van der Waals surface area contributed by atoms with Gasteiger partial charge in [0.25, 0.3) is 0 Å². The number of amides is 1. The van der Waals surface area contributed by atoms with Crippen molar-refractivity contribution >= 4 is 34.8 Å². The molecule has 3 atom stereocenters. The Labute approximate surface area is 129 Å². The third-order valence-electron chi connectivity index (χ3n) is 4.32. The molecule has 0 aromatic heterocycles. The summed E-state index contributed by atoms with van der Waals surface area (Å²) in [7, 11) is 0. The highest BCUT2D eigenvalue weighted by Crippen LogP contribution is 2.53. The molecule has 1 aromatic carbocycles. The van der Waals surface area contributed by atoms with Crippen LogP contribution in [0.15, 0.2) is 30.4 Å².